The van der Waals surface area contributed by atoms with E-state index in [4.69, 9.17) is 0 Å². The first-order valence-electron chi connectivity index (χ1n) is 9.15. The lowest BCUT2D eigenvalue weighted by molar-refractivity contribution is -0.137. The van der Waals surface area contributed by atoms with Gasteiger partial charge in [0.25, 0.3) is 0 Å². The van der Waals surface area contributed by atoms with E-state index in [1.165, 1.54) is 17.8 Å². The smallest absolute Gasteiger partial charge is 0.370 e. The molecule has 0 unspecified atom stereocenters. The normalized spacial score (nSPS) is 14.9. The van der Waals surface area contributed by atoms with Crippen LogP contribution in [-0.2, 0) is 17.5 Å². The van der Waals surface area contributed by atoms with Crippen molar-refractivity contribution < 1.29 is 18.0 Å². The minimum absolute atomic E-state index is 0.0361. The number of hydrogen-bond acceptors (Lipinski definition) is 5. The molecule has 0 saturated carbocycles. The van der Waals surface area contributed by atoms with E-state index >= 15 is 0 Å². The van der Waals surface area contributed by atoms with Gasteiger partial charge in [-0.1, -0.05) is 11.8 Å². The van der Waals surface area contributed by atoms with Gasteiger partial charge in [-0.15, -0.1) is 10.2 Å². The number of benzene rings is 1. The van der Waals surface area contributed by atoms with Crippen LogP contribution in [0.2, 0.25) is 0 Å². The molecule has 6 nitrogen and oxygen atoms in total. The Labute approximate surface area is 165 Å². The van der Waals surface area contributed by atoms with Crippen molar-refractivity contribution in [3.8, 4) is 0 Å². The van der Waals surface area contributed by atoms with Crippen LogP contribution in [0.1, 0.15) is 31.7 Å². The number of aromatic nitrogens is 3. The summed E-state index contributed by atoms with van der Waals surface area (Å²) in [5.41, 5.74) is 0.0454. The maximum Gasteiger partial charge on any atom is 0.416 e. The van der Waals surface area contributed by atoms with Gasteiger partial charge in [0, 0.05) is 19.6 Å². The second kappa shape index (κ2) is 8.85. The highest BCUT2D eigenvalue weighted by molar-refractivity contribution is 7.99. The summed E-state index contributed by atoms with van der Waals surface area (Å²) in [6.07, 6.45) is 0.176. The molecule has 10 heteroatoms. The maximum atomic E-state index is 13.1. The molecular weight excluding hydrogens is 391 g/mol. The van der Waals surface area contributed by atoms with Crippen LogP contribution in [0, 0.1) is 0 Å². The van der Waals surface area contributed by atoms with E-state index < -0.39 is 11.7 Å². The van der Waals surface area contributed by atoms with Gasteiger partial charge >= 0.3 is 6.18 Å². The summed E-state index contributed by atoms with van der Waals surface area (Å²) in [7, 11) is 0. The van der Waals surface area contributed by atoms with Crippen molar-refractivity contribution in [3.63, 3.8) is 0 Å². The van der Waals surface area contributed by atoms with Gasteiger partial charge < -0.3 is 14.8 Å². The Morgan fingerprint density at radius 2 is 2.00 bits per heavy atom. The Morgan fingerprint density at radius 3 is 2.68 bits per heavy atom. The molecule has 1 amide bonds. The maximum absolute atomic E-state index is 13.1. The van der Waals surface area contributed by atoms with E-state index in [1.54, 1.807) is 10.9 Å². The van der Waals surface area contributed by atoms with E-state index in [2.05, 4.69) is 15.5 Å². The first kappa shape index (κ1) is 20.5. The zero-order valence-corrected chi connectivity index (χ0v) is 16.3. The quantitative estimate of drug-likeness (QED) is 0.725. The molecule has 1 aromatic heterocycles. The van der Waals surface area contributed by atoms with E-state index in [-0.39, 0.29) is 17.3 Å². The van der Waals surface area contributed by atoms with Crippen LogP contribution in [-0.4, -0.2) is 39.5 Å². The number of thioether (sulfide) groups is 1. The summed E-state index contributed by atoms with van der Waals surface area (Å²) in [6.45, 7) is 4.13. The van der Waals surface area contributed by atoms with Crippen molar-refractivity contribution in [3.05, 3.63) is 30.1 Å². The number of nitrogens with zero attached hydrogens (tertiary/aromatic N) is 4. The summed E-state index contributed by atoms with van der Waals surface area (Å²) < 4.78 is 41.2. The molecule has 1 aliphatic rings. The molecular formula is C18H22F3N5OS. The minimum Gasteiger partial charge on any atom is -0.370 e. The number of alkyl halides is 3. The number of carbonyl (C=O) groups excluding carboxylic acids is 1. The second-order valence-electron chi connectivity index (χ2n) is 6.51. The molecule has 1 fully saturated rings. The lowest BCUT2D eigenvalue weighted by atomic mass is 10.1. The zero-order chi connectivity index (χ0) is 20.1. The molecule has 0 radical (unpaired) electrons. The van der Waals surface area contributed by atoms with Gasteiger partial charge in [-0.3, -0.25) is 4.79 Å². The molecule has 1 N–H and O–H groups in total. The van der Waals surface area contributed by atoms with Crippen LogP contribution in [0.5, 0.6) is 0 Å². The van der Waals surface area contributed by atoms with Crippen LogP contribution in [0.4, 0.5) is 24.5 Å². The molecule has 0 spiro atoms. The number of carbonyl (C=O) groups is 1. The van der Waals surface area contributed by atoms with E-state index in [0.29, 0.717) is 17.4 Å². The van der Waals surface area contributed by atoms with Crippen molar-refractivity contribution in [2.45, 2.75) is 44.1 Å². The first-order valence-corrected chi connectivity index (χ1v) is 10.1. The molecule has 0 aliphatic carbocycles. The number of nitrogens with one attached hydrogen (secondary N) is 1. The van der Waals surface area contributed by atoms with Crippen molar-refractivity contribution >= 4 is 29.0 Å². The van der Waals surface area contributed by atoms with Gasteiger partial charge in [0.1, 0.15) is 6.33 Å². The lowest BCUT2D eigenvalue weighted by Gasteiger charge is -2.31. The third-order valence-electron chi connectivity index (χ3n) is 4.55. The highest BCUT2D eigenvalue weighted by atomic mass is 32.2. The molecule has 152 valence electrons. The van der Waals surface area contributed by atoms with Crippen LogP contribution in [0.25, 0.3) is 0 Å². The molecule has 3 rings (SSSR count). The van der Waals surface area contributed by atoms with Crippen LogP contribution in [0.3, 0.4) is 0 Å². The zero-order valence-electron chi connectivity index (χ0n) is 15.5. The van der Waals surface area contributed by atoms with Gasteiger partial charge in [-0.2, -0.15) is 13.2 Å². The SMILES string of the molecule is CCn1cnnc1SCC(=O)Nc1cc(C(F)(F)F)ccc1N1CCCCC1. The number of halogens is 3. The third kappa shape index (κ3) is 4.98. The first-order chi connectivity index (χ1) is 13.4. The lowest BCUT2D eigenvalue weighted by Crippen LogP contribution is -2.30. The Morgan fingerprint density at radius 1 is 1.25 bits per heavy atom. The monoisotopic (exact) mass is 413 g/mol. The third-order valence-corrected chi connectivity index (χ3v) is 5.53. The fourth-order valence-corrected chi connectivity index (χ4v) is 3.89. The Balaban J connectivity index is 1.76. The molecule has 1 aromatic carbocycles. The number of anilines is 2. The average Bonchev–Trinajstić information content (AvgIpc) is 3.14. The molecule has 2 aromatic rings. The number of amides is 1. The Bertz CT molecular complexity index is 818. The number of aryl methyl sites for hydroxylation is 1. The number of piperidine rings is 1. The van der Waals surface area contributed by atoms with Gasteiger partial charge in [0.05, 0.1) is 22.7 Å². The highest BCUT2D eigenvalue weighted by Crippen LogP contribution is 2.36. The summed E-state index contributed by atoms with van der Waals surface area (Å²) in [6, 6.07) is 3.53. The average molecular weight is 413 g/mol. The second-order valence-corrected chi connectivity index (χ2v) is 7.46. The molecule has 0 atom stereocenters. The summed E-state index contributed by atoms with van der Waals surface area (Å²) in [5.74, 6) is -0.345. The van der Waals surface area contributed by atoms with E-state index in [9.17, 15) is 18.0 Å². The molecule has 1 saturated heterocycles. The van der Waals surface area contributed by atoms with Gasteiger partial charge in [-0.05, 0) is 44.4 Å². The van der Waals surface area contributed by atoms with Crippen molar-refractivity contribution in [1.29, 1.82) is 0 Å². The van der Waals surface area contributed by atoms with Gasteiger partial charge in [0.15, 0.2) is 5.16 Å². The van der Waals surface area contributed by atoms with E-state index in [0.717, 1.165) is 44.5 Å². The number of hydrogen-bond donors (Lipinski definition) is 1. The molecule has 2 heterocycles. The van der Waals surface area contributed by atoms with Gasteiger partial charge in [-0.25, -0.2) is 0 Å². The van der Waals surface area contributed by atoms with Gasteiger partial charge in [0.2, 0.25) is 5.91 Å². The Kier molecular flexibility index (Phi) is 6.48. The topological polar surface area (TPSA) is 63.1 Å². The predicted octanol–water partition coefficient (Wildman–Crippen LogP) is 4.04. The molecule has 0 bridgehead atoms. The fraction of sp³-hybridized carbons (Fsp3) is 0.500. The van der Waals surface area contributed by atoms with E-state index in [1.807, 2.05) is 11.8 Å². The van der Waals surface area contributed by atoms with Crippen molar-refractivity contribution in [2.24, 2.45) is 0 Å². The fourth-order valence-electron chi connectivity index (χ4n) is 3.11. The Hall–Kier alpha value is -2.23. The molecule has 1 aliphatic heterocycles. The minimum atomic E-state index is -4.47. The standard InChI is InChI=1S/C18H22F3N5OS/c1-2-25-12-22-24-17(25)28-11-16(27)23-14-10-13(18(19,20)21)6-7-15(14)26-8-4-3-5-9-26/h6-7,10,12H,2-5,8-9,11H2,1H3,(H,23,27). The van der Waals surface area contributed by atoms with Crippen molar-refractivity contribution in [1.82, 2.24) is 14.8 Å². The van der Waals surface area contributed by atoms with Crippen LogP contribution >= 0.6 is 11.8 Å². The molecule has 28 heavy (non-hydrogen) atoms. The van der Waals surface area contributed by atoms with Crippen molar-refractivity contribution in [2.75, 3.05) is 29.1 Å². The largest absolute Gasteiger partial charge is 0.416 e. The predicted molar refractivity (Wildman–Crippen MR) is 103 cm³/mol. The van der Waals surface area contributed by atoms with Crippen LogP contribution in [0.15, 0.2) is 29.7 Å². The summed E-state index contributed by atoms with van der Waals surface area (Å²) in [4.78, 5) is 14.4. The summed E-state index contributed by atoms with van der Waals surface area (Å²) >= 11 is 1.20. The van der Waals surface area contributed by atoms with Crippen LogP contribution < -0.4 is 10.2 Å². The highest BCUT2D eigenvalue weighted by Gasteiger charge is 2.31. The summed E-state index contributed by atoms with van der Waals surface area (Å²) in [5, 5.41) is 11.0. The number of rotatable bonds is 6.